The lowest BCUT2D eigenvalue weighted by Gasteiger charge is -2.07. The SMILES string of the molecule is CNC(=O)c1cccc(CNC(=O)c2ccc(-c3nc(CS(=O)(=O)c4ccc(C)cc4)c(C)o3)cc2)c1. The smallest absolute Gasteiger partial charge is 0.251 e. The second-order valence-electron chi connectivity index (χ2n) is 8.63. The van der Waals surface area contributed by atoms with E-state index in [0.29, 0.717) is 28.1 Å². The van der Waals surface area contributed by atoms with Crippen molar-refractivity contribution in [3.05, 3.63) is 107 Å². The molecule has 0 radical (unpaired) electrons. The van der Waals surface area contributed by atoms with Gasteiger partial charge in [-0.05, 0) is 67.9 Å². The van der Waals surface area contributed by atoms with Crippen LogP contribution in [-0.2, 0) is 22.1 Å². The molecule has 8 nitrogen and oxygen atoms in total. The Kier molecular flexibility index (Phi) is 7.54. The van der Waals surface area contributed by atoms with Gasteiger partial charge in [0.2, 0.25) is 5.89 Å². The maximum atomic E-state index is 12.8. The summed E-state index contributed by atoms with van der Waals surface area (Å²) < 4.78 is 31.4. The average molecular weight is 518 g/mol. The summed E-state index contributed by atoms with van der Waals surface area (Å²) in [5.41, 5.74) is 3.71. The van der Waals surface area contributed by atoms with Gasteiger partial charge in [-0.1, -0.05) is 29.8 Å². The van der Waals surface area contributed by atoms with Gasteiger partial charge >= 0.3 is 0 Å². The lowest BCUT2D eigenvalue weighted by Crippen LogP contribution is -2.23. The number of aromatic nitrogens is 1. The summed E-state index contributed by atoms with van der Waals surface area (Å²) in [5.74, 6) is -0.0321. The quantitative estimate of drug-likeness (QED) is 0.361. The average Bonchev–Trinajstić information content (AvgIpc) is 3.26. The van der Waals surface area contributed by atoms with Gasteiger partial charge in [0.25, 0.3) is 11.8 Å². The summed E-state index contributed by atoms with van der Waals surface area (Å²) in [4.78, 5) is 29.1. The molecule has 0 aliphatic carbocycles. The summed E-state index contributed by atoms with van der Waals surface area (Å²) in [5, 5.41) is 5.41. The van der Waals surface area contributed by atoms with Crippen LogP contribution in [0.25, 0.3) is 11.5 Å². The van der Waals surface area contributed by atoms with Crippen molar-refractivity contribution in [1.82, 2.24) is 15.6 Å². The van der Waals surface area contributed by atoms with Gasteiger partial charge in [-0.25, -0.2) is 13.4 Å². The molecule has 4 rings (SSSR count). The van der Waals surface area contributed by atoms with Crippen molar-refractivity contribution in [2.45, 2.75) is 31.0 Å². The fourth-order valence-electron chi connectivity index (χ4n) is 3.71. The molecule has 0 fully saturated rings. The lowest BCUT2D eigenvalue weighted by atomic mass is 10.1. The molecule has 3 aromatic carbocycles. The molecule has 0 spiro atoms. The summed E-state index contributed by atoms with van der Waals surface area (Å²) >= 11 is 0. The first kappa shape index (κ1) is 25.8. The molecule has 9 heteroatoms. The Morgan fingerprint density at radius 1 is 0.892 bits per heavy atom. The molecule has 2 amide bonds. The van der Waals surface area contributed by atoms with E-state index in [2.05, 4.69) is 15.6 Å². The predicted molar refractivity (Wildman–Crippen MR) is 140 cm³/mol. The number of aryl methyl sites for hydroxylation is 2. The minimum atomic E-state index is -3.58. The van der Waals surface area contributed by atoms with Gasteiger partial charge < -0.3 is 15.1 Å². The van der Waals surface area contributed by atoms with Crippen LogP contribution in [0, 0.1) is 13.8 Å². The monoisotopic (exact) mass is 517 g/mol. The number of amides is 2. The summed E-state index contributed by atoms with van der Waals surface area (Å²) in [6.45, 7) is 3.84. The number of nitrogens with zero attached hydrogens (tertiary/aromatic N) is 1. The standard InChI is InChI=1S/C28H27N3O5S/c1-18-7-13-24(14-8-18)37(34,35)17-25-19(2)36-28(31-25)22-11-9-21(10-12-22)27(33)30-16-20-5-4-6-23(15-20)26(32)29-3/h4-15H,16-17H2,1-3H3,(H,29,32)(H,30,33). The fourth-order valence-corrected chi connectivity index (χ4v) is 5.06. The molecule has 2 N–H and O–H groups in total. The third-order valence-corrected chi connectivity index (χ3v) is 7.51. The van der Waals surface area contributed by atoms with E-state index >= 15 is 0 Å². The van der Waals surface area contributed by atoms with Gasteiger partial charge in [0, 0.05) is 30.3 Å². The third-order valence-electron chi connectivity index (χ3n) is 5.86. The maximum Gasteiger partial charge on any atom is 0.251 e. The highest BCUT2D eigenvalue weighted by molar-refractivity contribution is 7.90. The molecule has 0 saturated heterocycles. The largest absolute Gasteiger partial charge is 0.441 e. The third kappa shape index (κ3) is 6.13. The number of rotatable bonds is 8. The van der Waals surface area contributed by atoms with Crippen LogP contribution in [0.1, 0.15) is 43.3 Å². The van der Waals surface area contributed by atoms with E-state index in [1.54, 1.807) is 80.7 Å². The van der Waals surface area contributed by atoms with Gasteiger partial charge in [0.1, 0.15) is 11.5 Å². The predicted octanol–water partition coefficient (Wildman–Crippen LogP) is 4.22. The van der Waals surface area contributed by atoms with E-state index in [9.17, 15) is 18.0 Å². The second-order valence-corrected chi connectivity index (χ2v) is 10.6. The van der Waals surface area contributed by atoms with Gasteiger partial charge in [-0.15, -0.1) is 0 Å². The number of sulfone groups is 1. The number of benzene rings is 3. The zero-order chi connectivity index (χ0) is 26.6. The summed E-state index contributed by atoms with van der Waals surface area (Å²) in [7, 11) is -2.01. The number of hydrogen-bond acceptors (Lipinski definition) is 6. The van der Waals surface area contributed by atoms with Gasteiger partial charge in [0.05, 0.1) is 10.6 Å². The number of oxazole rings is 1. The topological polar surface area (TPSA) is 118 Å². The van der Waals surface area contributed by atoms with Crippen LogP contribution in [-0.4, -0.2) is 32.3 Å². The molecule has 37 heavy (non-hydrogen) atoms. The molecule has 1 aromatic heterocycles. The Hall–Kier alpha value is -4.24. The molecule has 1 heterocycles. The minimum Gasteiger partial charge on any atom is -0.441 e. The van der Waals surface area contributed by atoms with Crippen LogP contribution in [0.5, 0.6) is 0 Å². The number of hydrogen-bond donors (Lipinski definition) is 2. The van der Waals surface area contributed by atoms with E-state index in [-0.39, 0.29) is 34.9 Å². The molecule has 4 aromatic rings. The molecular formula is C28H27N3O5S. The van der Waals surface area contributed by atoms with Gasteiger partial charge in [-0.2, -0.15) is 0 Å². The first-order chi connectivity index (χ1) is 17.7. The Balaban J connectivity index is 1.43. The summed E-state index contributed by atoms with van der Waals surface area (Å²) in [6.07, 6.45) is 0. The number of carbonyl (C=O) groups excluding carboxylic acids is 2. The molecule has 0 saturated carbocycles. The van der Waals surface area contributed by atoms with Crippen LogP contribution in [0.4, 0.5) is 0 Å². The highest BCUT2D eigenvalue weighted by Crippen LogP contribution is 2.25. The number of nitrogens with one attached hydrogen (secondary N) is 2. The van der Waals surface area contributed by atoms with Crippen LogP contribution in [0.2, 0.25) is 0 Å². The van der Waals surface area contributed by atoms with Crippen molar-refractivity contribution < 1.29 is 22.4 Å². The van der Waals surface area contributed by atoms with Crippen molar-refractivity contribution in [2.75, 3.05) is 7.05 Å². The first-order valence-corrected chi connectivity index (χ1v) is 13.3. The van der Waals surface area contributed by atoms with Crippen molar-refractivity contribution in [3.63, 3.8) is 0 Å². The van der Waals surface area contributed by atoms with Gasteiger partial charge in [-0.3, -0.25) is 9.59 Å². The normalized spacial score (nSPS) is 11.2. The zero-order valence-electron chi connectivity index (χ0n) is 20.7. The molecule has 0 unspecified atom stereocenters. The molecule has 0 aliphatic rings. The maximum absolute atomic E-state index is 12.8. The Morgan fingerprint density at radius 3 is 2.27 bits per heavy atom. The van der Waals surface area contributed by atoms with E-state index in [4.69, 9.17) is 4.42 Å². The van der Waals surface area contributed by atoms with Crippen LogP contribution in [0.15, 0.2) is 82.1 Å². The van der Waals surface area contributed by atoms with E-state index < -0.39 is 9.84 Å². The van der Waals surface area contributed by atoms with Gasteiger partial charge in [0.15, 0.2) is 9.84 Å². The summed E-state index contributed by atoms with van der Waals surface area (Å²) in [6, 6.07) is 20.4. The molecule has 0 bridgehead atoms. The van der Waals surface area contributed by atoms with E-state index in [1.165, 1.54) is 0 Å². The van der Waals surface area contributed by atoms with Crippen molar-refractivity contribution in [2.24, 2.45) is 0 Å². The Bertz CT molecular complexity index is 1540. The zero-order valence-corrected chi connectivity index (χ0v) is 21.6. The van der Waals surface area contributed by atoms with E-state index in [0.717, 1.165) is 11.1 Å². The fraction of sp³-hybridized carbons (Fsp3) is 0.179. The molecular weight excluding hydrogens is 490 g/mol. The van der Waals surface area contributed by atoms with E-state index in [1.807, 2.05) is 13.0 Å². The lowest BCUT2D eigenvalue weighted by molar-refractivity contribution is 0.0948. The van der Waals surface area contributed by atoms with Crippen molar-refractivity contribution >= 4 is 21.7 Å². The Morgan fingerprint density at radius 2 is 1.59 bits per heavy atom. The van der Waals surface area contributed by atoms with Crippen LogP contribution in [0.3, 0.4) is 0 Å². The Labute approximate surface area is 215 Å². The molecule has 0 aliphatic heterocycles. The highest BCUT2D eigenvalue weighted by Gasteiger charge is 2.21. The van der Waals surface area contributed by atoms with Crippen molar-refractivity contribution in [1.29, 1.82) is 0 Å². The first-order valence-electron chi connectivity index (χ1n) is 11.6. The second kappa shape index (κ2) is 10.8. The molecule has 0 atom stereocenters. The minimum absolute atomic E-state index is 0.193. The van der Waals surface area contributed by atoms with Crippen LogP contribution >= 0.6 is 0 Å². The van der Waals surface area contributed by atoms with Crippen molar-refractivity contribution in [3.8, 4) is 11.5 Å². The molecule has 190 valence electrons. The van der Waals surface area contributed by atoms with Crippen LogP contribution < -0.4 is 10.6 Å². The highest BCUT2D eigenvalue weighted by atomic mass is 32.2. The number of carbonyl (C=O) groups is 2.